The number of nitrogens with one attached hydrogen (secondary N) is 2. The van der Waals surface area contributed by atoms with Crippen molar-refractivity contribution in [2.75, 3.05) is 19.6 Å². The molecule has 1 saturated heterocycles. The third kappa shape index (κ3) is 3.61. The Balaban J connectivity index is 1.42. The molecular formula is C14H18FN3O5. The highest BCUT2D eigenvalue weighted by Crippen LogP contribution is 2.43. The summed E-state index contributed by atoms with van der Waals surface area (Å²) in [7, 11) is 0. The Morgan fingerprint density at radius 2 is 2.17 bits per heavy atom. The van der Waals surface area contributed by atoms with Gasteiger partial charge in [0.15, 0.2) is 18.1 Å². The second-order valence-electron chi connectivity index (χ2n) is 6.15. The Kier molecular flexibility index (Phi) is 4.20. The maximum Gasteiger partial charge on any atom is 0.407 e. The quantitative estimate of drug-likeness (QED) is 0.737. The first kappa shape index (κ1) is 15.7. The molecule has 0 radical (unpaired) electrons. The first-order valence-electron chi connectivity index (χ1n) is 7.44. The molecule has 1 amide bonds. The van der Waals surface area contributed by atoms with Gasteiger partial charge in [0.25, 0.3) is 0 Å². The highest BCUT2D eigenvalue weighted by atomic mass is 19.1. The molecule has 1 aliphatic heterocycles. The second-order valence-corrected chi connectivity index (χ2v) is 6.15. The zero-order valence-electron chi connectivity index (χ0n) is 12.4. The van der Waals surface area contributed by atoms with Gasteiger partial charge in [-0.05, 0) is 37.8 Å². The monoisotopic (exact) mass is 327 g/mol. The lowest BCUT2D eigenvalue weighted by Crippen LogP contribution is -2.39. The summed E-state index contributed by atoms with van der Waals surface area (Å²) < 4.78 is 24.2. The number of aromatic nitrogens is 1. The van der Waals surface area contributed by atoms with Gasteiger partial charge in [-0.2, -0.15) is 0 Å². The smallest absolute Gasteiger partial charge is 0.407 e. The zero-order chi connectivity index (χ0) is 16.4. The lowest BCUT2D eigenvalue weighted by atomic mass is 10.0. The van der Waals surface area contributed by atoms with Crippen molar-refractivity contribution in [3.63, 3.8) is 0 Å². The Morgan fingerprint density at radius 1 is 1.48 bits per heavy atom. The number of carbonyl (C=O) groups excluding carboxylic acids is 1. The molecule has 1 aliphatic carbocycles. The van der Waals surface area contributed by atoms with Crippen LogP contribution >= 0.6 is 0 Å². The normalized spacial score (nSPS) is 29.3. The van der Waals surface area contributed by atoms with Crippen LogP contribution in [-0.2, 0) is 11.3 Å². The number of amides is 1. The summed E-state index contributed by atoms with van der Waals surface area (Å²) in [5.41, 5.74) is -1.66. The molecule has 9 heteroatoms. The highest BCUT2D eigenvalue weighted by Gasteiger charge is 2.47. The maximum atomic E-state index is 14.7. The van der Waals surface area contributed by atoms with E-state index < -0.39 is 17.7 Å². The predicted molar refractivity (Wildman–Crippen MR) is 74.6 cm³/mol. The SMILES string of the molecule is O=C(NCC1(F)C[C@H]2CNC[C@H]2C1)OCc1cc(C(=O)O)no1. The highest BCUT2D eigenvalue weighted by molar-refractivity contribution is 5.85. The average Bonchev–Trinajstić information content (AvgIpc) is 3.17. The number of nitrogens with zero attached hydrogens (tertiary/aromatic N) is 1. The van der Waals surface area contributed by atoms with Crippen molar-refractivity contribution in [3.8, 4) is 0 Å². The number of ether oxygens (including phenoxy) is 1. The van der Waals surface area contributed by atoms with Gasteiger partial charge in [0, 0.05) is 6.07 Å². The largest absolute Gasteiger partial charge is 0.476 e. The van der Waals surface area contributed by atoms with E-state index in [4.69, 9.17) is 14.4 Å². The third-order valence-corrected chi connectivity index (χ3v) is 4.41. The molecule has 3 rings (SSSR count). The average molecular weight is 327 g/mol. The van der Waals surface area contributed by atoms with Crippen LogP contribution < -0.4 is 10.6 Å². The van der Waals surface area contributed by atoms with Crippen LogP contribution in [0.5, 0.6) is 0 Å². The van der Waals surface area contributed by atoms with E-state index in [9.17, 15) is 14.0 Å². The fourth-order valence-electron chi connectivity index (χ4n) is 3.33. The standard InChI is InChI=1S/C14H18FN3O5/c15-14(2-8-4-16-5-9(8)3-14)7-17-13(21)22-6-10-1-11(12(19)20)18-23-10/h1,8-9,16H,2-7H2,(H,17,21)(H,19,20)/t8-,9+,14?. The Bertz CT molecular complexity index is 593. The zero-order valence-corrected chi connectivity index (χ0v) is 12.4. The van der Waals surface area contributed by atoms with Crippen LogP contribution in [0.15, 0.2) is 10.6 Å². The van der Waals surface area contributed by atoms with Crippen molar-refractivity contribution >= 4 is 12.1 Å². The molecule has 0 spiro atoms. The van der Waals surface area contributed by atoms with Crippen LogP contribution in [0.25, 0.3) is 0 Å². The first-order chi connectivity index (χ1) is 11.0. The van der Waals surface area contributed by atoms with Gasteiger partial charge in [-0.1, -0.05) is 5.16 Å². The van der Waals surface area contributed by atoms with Gasteiger partial charge >= 0.3 is 12.1 Å². The third-order valence-electron chi connectivity index (χ3n) is 4.41. The fraction of sp³-hybridized carbons (Fsp3) is 0.643. The van der Waals surface area contributed by atoms with E-state index in [-0.39, 0.29) is 24.6 Å². The topological polar surface area (TPSA) is 114 Å². The Labute approximate surface area is 131 Å². The van der Waals surface area contributed by atoms with E-state index in [0.717, 1.165) is 19.2 Å². The summed E-state index contributed by atoms with van der Waals surface area (Å²) in [6.07, 6.45) is 0.106. The van der Waals surface area contributed by atoms with Crippen molar-refractivity contribution in [1.82, 2.24) is 15.8 Å². The van der Waals surface area contributed by atoms with Gasteiger partial charge in [0.2, 0.25) is 0 Å². The molecule has 1 saturated carbocycles. The molecule has 3 atom stereocenters. The minimum Gasteiger partial charge on any atom is -0.476 e. The van der Waals surface area contributed by atoms with Crippen molar-refractivity contribution in [2.45, 2.75) is 25.1 Å². The number of aromatic carboxylic acids is 1. The number of carboxylic acid groups (broad SMARTS) is 1. The summed E-state index contributed by atoms with van der Waals surface area (Å²) in [6, 6.07) is 1.16. The molecule has 0 aromatic carbocycles. The van der Waals surface area contributed by atoms with Crippen molar-refractivity contribution in [2.24, 2.45) is 11.8 Å². The van der Waals surface area contributed by atoms with Crippen LogP contribution in [0.2, 0.25) is 0 Å². The summed E-state index contributed by atoms with van der Waals surface area (Å²) in [6.45, 7) is 1.31. The number of fused-ring (bicyclic) bond motifs is 1. The number of carbonyl (C=O) groups is 2. The molecule has 1 unspecified atom stereocenters. The molecule has 23 heavy (non-hydrogen) atoms. The van der Waals surface area contributed by atoms with Gasteiger partial charge in [-0.25, -0.2) is 14.0 Å². The molecule has 0 bridgehead atoms. The lowest BCUT2D eigenvalue weighted by Gasteiger charge is -2.20. The van der Waals surface area contributed by atoms with Crippen LogP contribution in [0.3, 0.4) is 0 Å². The minimum atomic E-state index is -1.39. The summed E-state index contributed by atoms with van der Waals surface area (Å²) in [5, 5.41) is 17.6. The van der Waals surface area contributed by atoms with Gasteiger partial charge in [-0.15, -0.1) is 0 Å². The van der Waals surface area contributed by atoms with E-state index in [0.29, 0.717) is 24.7 Å². The minimum absolute atomic E-state index is 0.0877. The molecule has 3 N–H and O–H groups in total. The lowest BCUT2D eigenvalue weighted by molar-refractivity contribution is 0.0684. The summed E-state index contributed by atoms with van der Waals surface area (Å²) in [5.74, 6) is -0.456. The Hall–Kier alpha value is -2.16. The number of alkyl halides is 1. The fourth-order valence-corrected chi connectivity index (χ4v) is 3.33. The number of carboxylic acids is 1. The molecule has 126 valence electrons. The summed E-state index contributed by atoms with van der Waals surface area (Å²) >= 11 is 0. The van der Waals surface area contributed by atoms with Crippen molar-refractivity contribution < 1.29 is 28.3 Å². The molecular weight excluding hydrogens is 309 g/mol. The molecule has 2 heterocycles. The van der Waals surface area contributed by atoms with Gasteiger partial charge < -0.3 is 25.0 Å². The predicted octanol–water partition coefficient (Wildman–Crippen LogP) is 0.937. The molecule has 8 nitrogen and oxygen atoms in total. The van der Waals surface area contributed by atoms with Gasteiger partial charge in [-0.3, -0.25) is 0 Å². The van der Waals surface area contributed by atoms with E-state index in [1.165, 1.54) is 0 Å². The first-order valence-corrected chi connectivity index (χ1v) is 7.44. The summed E-state index contributed by atoms with van der Waals surface area (Å²) in [4.78, 5) is 22.2. The van der Waals surface area contributed by atoms with Crippen LogP contribution in [0.4, 0.5) is 9.18 Å². The number of halogens is 1. The molecule has 1 aromatic rings. The number of rotatable bonds is 5. The number of alkyl carbamates (subject to hydrolysis) is 1. The van der Waals surface area contributed by atoms with Crippen LogP contribution in [0.1, 0.15) is 29.1 Å². The van der Waals surface area contributed by atoms with Crippen LogP contribution in [0, 0.1) is 11.8 Å². The maximum absolute atomic E-state index is 14.7. The van der Waals surface area contributed by atoms with E-state index in [1.54, 1.807) is 0 Å². The Morgan fingerprint density at radius 3 is 2.78 bits per heavy atom. The molecule has 2 aliphatic rings. The molecule has 1 aromatic heterocycles. The molecule has 2 fully saturated rings. The van der Waals surface area contributed by atoms with Crippen molar-refractivity contribution in [3.05, 3.63) is 17.5 Å². The van der Waals surface area contributed by atoms with E-state index in [2.05, 4.69) is 15.8 Å². The number of hydrogen-bond donors (Lipinski definition) is 3. The van der Waals surface area contributed by atoms with Gasteiger partial charge in [0.1, 0.15) is 5.67 Å². The van der Waals surface area contributed by atoms with Crippen LogP contribution in [-0.4, -0.2) is 47.6 Å². The number of hydrogen-bond acceptors (Lipinski definition) is 6. The van der Waals surface area contributed by atoms with Gasteiger partial charge in [0.05, 0.1) is 6.54 Å². The van der Waals surface area contributed by atoms with E-state index in [1.807, 2.05) is 0 Å². The van der Waals surface area contributed by atoms with E-state index >= 15 is 0 Å². The second kappa shape index (κ2) is 6.15. The van der Waals surface area contributed by atoms with Crippen molar-refractivity contribution in [1.29, 1.82) is 0 Å².